The molecule has 0 aromatic heterocycles. The van der Waals surface area contributed by atoms with Gasteiger partial charge in [-0.3, -0.25) is 0 Å². The largest absolute Gasteiger partial charge is 0.496 e. The number of hydrogen-bond donors (Lipinski definition) is 1. The van der Waals surface area contributed by atoms with E-state index >= 15 is 0 Å². The molecule has 2 aromatic carbocycles. The van der Waals surface area contributed by atoms with E-state index in [1.165, 1.54) is 16.7 Å². The Bertz CT molecular complexity index is 550. The highest BCUT2D eigenvalue weighted by molar-refractivity contribution is 5.46. The number of hydrogen-bond acceptors (Lipinski definition) is 2. The van der Waals surface area contributed by atoms with Gasteiger partial charge in [-0.1, -0.05) is 42.5 Å². The molecule has 18 heavy (non-hydrogen) atoms. The van der Waals surface area contributed by atoms with Crippen molar-refractivity contribution in [1.82, 2.24) is 5.32 Å². The van der Waals surface area contributed by atoms with Crippen LogP contribution in [0.5, 0.6) is 5.75 Å². The van der Waals surface area contributed by atoms with Crippen LogP contribution in [0.3, 0.4) is 0 Å². The Morgan fingerprint density at radius 1 is 1.00 bits per heavy atom. The van der Waals surface area contributed by atoms with E-state index in [1.54, 1.807) is 7.11 Å². The van der Waals surface area contributed by atoms with Crippen molar-refractivity contribution in [3.8, 4) is 5.75 Å². The zero-order valence-corrected chi connectivity index (χ0v) is 10.5. The van der Waals surface area contributed by atoms with Crippen LogP contribution in [0.1, 0.15) is 22.6 Å². The van der Waals surface area contributed by atoms with E-state index in [4.69, 9.17) is 4.74 Å². The van der Waals surface area contributed by atoms with Crippen LogP contribution >= 0.6 is 0 Å². The molecule has 0 aliphatic carbocycles. The lowest BCUT2D eigenvalue weighted by molar-refractivity contribution is 0.405. The predicted molar refractivity (Wildman–Crippen MR) is 73.0 cm³/mol. The van der Waals surface area contributed by atoms with Gasteiger partial charge in [0.05, 0.1) is 7.11 Å². The molecule has 1 unspecified atom stereocenters. The number of benzene rings is 2. The molecular weight excluding hydrogens is 222 g/mol. The van der Waals surface area contributed by atoms with Gasteiger partial charge in [0.1, 0.15) is 5.75 Å². The number of nitrogens with one attached hydrogen (secondary N) is 1. The van der Waals surface area contributed by atoms with Crippen LogP contribution in [0.2, 0.25) is 0 Å². The van der Waals surface area contributed by atoms with Gasteiger partial charge in [-0.15, -0.1) is 0 Å². The highest BCUT2D eigenvalue weighted by Gasteiger charge is 2.23. The van der Waals surface area contributed by atoms with Crippen LogP contribution in [-0.2, 0) is 6.54 Å². The molecule has 92 valence electrons. The first-order valence-corrected chi connectivity index (χ1v) is 6.31. The van der Waals surface area contributed by atoms with E-state index < -0.39 is 0 Å². The molecule has 0 saturated heterocycles. The predicted octanol–water partition coefficient (Wildman–Crippen LogP) is 2.93. The third kappa shape index (κ3) is 1.89. The second-order valence-corrected chi connectivity index (χ2v) is 4.62. The van der Waals surface area contributed by atoms with Crippen molar-refractivity contribution < 1.29 is 4.74 Å². The zero-order chi connectivity index (χ0) is 12.4. The van der Waals surface area contributed by atoms with Gasteiger partial charge in [0.15, 0.2) is 0 Å². The zero-order valence-electron chi connectivity index (χ0n) is 10.5. The maximum Gasteiger partial charge on any atom is 0.122 e. The lowest BCUT2D eigenvalue weighted by Gasteiger charge is -2.27. The number of fused-ring (bicyclic) bond motifs is 1. The summed E-state index contributed by atoms with van der Waals surface area (Å²) in [5, 5.41) is 3.49. The molecule has 1 heterocycles. The van der Waals surface area contributed by atoms with Gasteiger partial charge in [-0.05, 0) is 17.2 Å². The van der Waals surface area contributed by atoms with E-state index in [0.29, 0.717) is 5.92 Å². The van der Waals surface area contributed by atoms with Crippen molar-refractivity contribution in [1.29, 1.82) is 0 Å². The summed E-state index contributed by atoms with van der Waals surface area (Å²) in [6.07, 6.45) is 0. The molecule has 0 fully saturated rings. The molecule has 0 radical (unpaired) electrons. The summed E-state index contributed by atoms with van der Waals surface area (Å²) in [5.41, 5.74) is 4.07. The Balaban J connectivity index is 2.08. The van der Waals surface area contributed by atoms with Crippen LogP contribution in [0.15, 0.2) is 48.5 Å². The molecule has 2 aromatic rings. The minimum atomic E-state index is 0.381. The first-order chi connectivity index (χ1) is 8.90. The normalized spacial score (nSPS) is 18.2. The Kier molecular flexibility index (Phi) is 3.03. The van der Waals surface area contributed by atoms with Crippen LogP contribution < -0.4 is 10.1 Å². The maximum absolute atomic E-state index is 5.49. The van der Waals surface area contributed by atoms with Crippen molar-refractivity contribution in [3.05, 3.63) is 65.2 Å². The van der Waals surface area contributed by atoms with Gasteiger partial charge in [-0.2, -0.15) is 0 Å². The van der Waals surface area contributed by atoms with Gasteiger partial charge in [0, 0.05) is 24.6 Å². The summed E-state index contributed by atoms with van der Waals surface area (Å²) < 4.78 is 5.49. The lowest BCUT2D eigenvalue weighted by atomic mass is 9.85. The van der Waals surface area contributed by atoms with Crippen molar-refractivity contribution in [2.75, 3.05) is 13.7 Å². The first kappa shape index (κ1) is 11.3. The quantitative estimate of drug-likeness (QED) is 0.870. The fourth-order valence-electron chi connectivity index (χ4n) is 2.73. The molecule has 1 aliphatic rings. The molecule has 0 amide bonds. The van der Waals surface area contributed by atoms with Crippen LogP contribution in [-0.4, -0.2) is 13.7 Å². The van der Waals surface area contributed by atoms with Crippen LogP contribution in [0.4, 0.5) is 0 Å². The maximum atomic E-state index is 5.49. The fourth-order valence-corrected chi connectivity index (χ4v) is 2.73. The van der Waals surface area contributed by atoms with Gasteiger partial charge < -0.3 is 10.1 Å². The summed E-state index contributed by atoms with van der Waals surface area (Å²) in [5.74, 6) is 1.35. The smallest absolute Gasteiger partial charge is 0.122 e. The molecule has 1 atom stereocenters. The third-order valence-corrected chi connectivity index (χ3v) is 3.61. The molecule has 2 nitrogen and oxygen atoms in total. The van der Waals surface area contributed by atoms with Crippen LogP contribution in [0, 0.1) is 0 Å². The second-order valence-electron chi connectivity index (χ2n) is 4.62. The van der Waals surface area contributed by atoms with E-state index in [1.807, 2.05) is 12.1 Å². The number of para-hydroxylation sites is 1. The summed E-state index contributed by atoms with van der Waals surface area (Å²) in [6, 6.07) is 16.9. The number of ether oxygens (including phenoxy) is 1. The molecule has 2 heteroatoms. The second kappa shape index (κ2) is 4.83. The topological polar surface area (TPSA) is 21.3 Å². The summed E-state index contributed by atoms with van der Waals surface area (Å²) >= 11 is 0. The van der Waals surface area contributed by atoms with Gasteiger partial charge in [0.25, 0.3) is 0 Å². The van der Waals surface area contributed by atoms with Crippen molar-refractivity contribution in [2.24, 2.45) is 0 Å². The lowest BCUT2D eigenvalue weighted by Crippen LogP contribution is -2.28. The highest BCUT2D eigenvalue weighted by Crippen LogP contribution is 2.34. The highest BCUT2D eigenvalue weighted by atomic mass is 16.5. The Hall–Kier alpha value is -1.80. The first-order valence-electron chi connectivity index (χ1n) is 6.31. The SMILES string of the molecule is COc1ccccc1C1CNCc2ccccc21. The number of methoxy groups -OCH3 is 1. The molecule has 0 spiro atoms. The van der Waals surface area contributed by atoms with E-state index in [0.717, 1.165) is 18.8 Å². The Labute approximate surface area is 108 Å². The summed E-state index contributed by atoms with van der Waals surface area (Å²) in [4.78, 5) is 0. The molecular formula is C16H17NO. The molecule has 1 N–H and O–H groups in total. The van der Waals surface area contributed by atoms with E-state index in [9.17, 15) is 0 Å². The molecule has 0 bridgehead atoms. The van der Waals surface area contributed by atoms with Crippen molar-refractivity contribution in [2.45, 2.75) is 12.5 Å². The van der Waals surface area contributed by atoms with Gasteiger partial charge in [0.2, 0.25) is 0 Å². The monoisotopic (exact) mass is 239 g/mol. The van der Waals surface area contributed by atoms with Gasteiger partial charge in [-0.25, -0.2) is 0 Å². The van der Waals surface area contributed by atoms with Crippen molar-refractivity contribution in [3.63, 3.8) is 0 Å². The average Bonchev–Trinajstić information content (AvgIpc) is 2.46. The van der Waals surface area contributed by atoms with E-state index in [-0.39, 0.29) is 0 Å². The Morgan fingerprint density at radius 2 is 1.72 bits per heavy atom. The molecule has 0 saturated carbocycles. The van der Waals surface area contributed by atoms with Crippen molar-refractivity contribution >= 4 is 0 Å². The fraction of sp³-hybridized carbons (Fsp3) is 0.250. The molecule has 3 rings (SSSR count). The minimum Gasteiger partial charge on any atom is -0.496 e. The standard InChI is InChI=1S/C16H17NO/c1-18-16-9-5-4-8-14(16)15-11-17-10-12-6-2-3-7-13(12)15/h2-9,15,17H,10-11H2,1H3. The third-order valence-electron chi connectivity index (χ3n) is 3.61. The van der Waals surface area contributed by atoms with Crippen LogP contribution in [0.25, 0.3) is 0 Å². The summed E-state index contributed by atoms with van der Waals surface area (Å²) in [7, 11) is 1.74. The molecule has 1 aliphatic heterocycles. The van der Waals surface area contributed by atoms with E-state index in [2.05, 4.69) is 41.7 Å². The Morgan fingerprint density at radius 3 is 2.56 bits per heavy atom. The minimum absolute atomic E-state index is 0.381. The summed E-state index contributed by atoms with van der Waals surface area (Å²) in [6.45, 7) is 1.93. The van der Waals surface area contributed by atoms with Gasteiger partial charge >= 0.3 is 0 Å². The number of rotatable bonds is 2. The average molecular weight is 239 g/mol.